The quantitative estimate of drug-likeness (QED) is 0.0675. The average molecular weight is 631 g/mol. The zero-order chi connectivity index (χ0) is 33.1. The van der Waals surface area contributed by atoms with Crippen molar-refractivity contribution in [1.29, 1.82) is 0 Å². The fourth-order valence-electron chi connectivity index (χ4n) is 8.14. The molecule has 0 aliphatic heterocycles. The van der Waals surface area contributed by atoms with Crippen molar-refractivity contribution in [3.63, 3.8) is 0 Å². The second-order valence-electron chi connectivity index (χ2n) is 14.5. The molecule has 1 atom stereocenters. The summed E-state index contributed by atoms with van der Waals surface area (Å²) in [6.07, 6.45) is 28.8. The van der Waals surface area contributed by atoms with Gasteiger partial charge in [-0.1, -0.05) is 81.0 Å². The molecular formula is C43H66O3. The molecule has 2 aliphatic rings. The molecule has 256 valence electrons. The smallest absolute Gasteiger partial charge is 0.333 e. The molecular weight excluding hydrogens is 564 g/mol. The third-order valence-electron chi connectivity index (χ3n) is 11.1. The van der Waals surface area contributed by atoms with Crippen molar-refractivity contribution < 1.29 is 14.6 Å². The number of aliphatic hydroxyl groups excluding tert-OH is 1. The second-order valence-corrected chi connectivity index (χ2v) is 14.5. The lowest BCUT2D eigenvalue weighted by Crippen LogP contribution is -2.28. The number of unbranched alkanes of at least 4 members (excludes halogenated alkanes) is 2. The van der Waals surface area contributed by atoms with Crippen LogP contribution in [0.4, 0.5) is 0 Å². The third-order valence-corrected chi connectivity index (χ3v) is 11.1. The van der Waals surface area contributed by atoms with Gasteiger partial charge in [0.15, 0.2) is 0 Å². The van der Waals surface area contributed by atoms with E-state index in [1.165, 1.54) is 99.3 Å². The van der Waals surface area contributed by atoms with Gasteiger partial charge in [-0.05, 0) is 163 Å². The lowest BCUT2D eigenvalue weighted by Gasteiger charge is -2.40. The molecule has 0 spiro atoms. The van der Waals surface area contributed by atoms with E-state index < -0.39 is 0 Å². The molecule has 0 amide bonds. The summed E-state index contributed by atoms with van der Waals surface area (Å²) in [5, 5.41) is 9.48. The predicted molar refractivity (Wildman–Crippen MR) is 196 cm³/mol. The normalized spacial score (nSPS) is 22.9. The van der Waals surface area contributed by atoms with Gasteiger partial charge < -0.3 is 9.84 Å². The third kappa shape index (κ3) is 13.4. The largest absolute Gasteiger partial charge is 0.462 e. The Balaban J connectivity index is 1.37. The first-order valence-electron chi connectivity index (χ1n) is 18.9. The van der Waals surface area contributed by atoms with E-state index in [9.17, 15) is 9.90 Å². The summed E-state index contributed by atoms with van der Waals surface area (Å²) in [6.45, 7) is 15.0. The molecule has 0 saturated heterocycles. The first kappa shape index (κ1) is 38.1. The Morgan fingerprint density at radius 1 is 0.870 bits per heavy atom. The topological polar surface area (TPSA) is 46.5 Å². The Kier molecular flexibility index (Phi) is 17.8. The summed E-state index contributed by atoms with van der Waals surface area (Å²) in [7, 11) is 0. The molecule has 2 aliphatic carbocycles. The van der Waals surface area contributed by atoms with Crippen LogP contribution < -0.4 is 0 Å². The van der Waals surface area contributed by atoms with E-state index in [1.54, 1.807) is 6.92 Å². The van der Waals surface area contributed by atoms with E-state index in [-0.39, 0.29) is 12.6 Å². The van der Waals surface area contributed by atoms with E-state index in [0.717, 1.165) is 56.3 Å². The SMILES string of the molecule is C=C(/C=C\C(=C/C)C1CCC(C2CCC(C(CCCO)CCCOC(=O)C(=C)C)CC2)CC1)CCc1ccc(CCCCC)cc1. The molecule has 46 heavy (non-hydrogen) atoms. The number of hydrogen-bond donors (Lipinski definition) is 1. The Labute approximate surface area is 282 Å². The van der Waals surface area contributed by atoms with Gasteiger partial charge in [-0.15, -0.1) is 0 Å². The number of allylic oxidation sites excluding steroid dienone is 5. The number of carbonyl (C=O) groups excluding carboxylic acids is 1. The average Bonchev–Trinajstić information content (AvgIpc) is 3.08. The summed E-state index contributed by atoms with van der Waals surface area (Å²) >= 11 is 0. The van der Waals surface area contributed by atoms with Crippen molar-refractivity contribution in [3.05, 3.63) is 83.5 Å². The molecule has 3 nitrogen and oxygen atoms in total. The lowest BCUT2D eigenvalue weighted by atomic mass is 9.66. The highest BCUT2D eigenvalue weighted by molar-refractivity contribution is 5.86. The number of aliphatic hydroxyl groups is 1. The standard InChI is InChI=1S/C43H66O3/c1-6-8-9-12-35-18-20-36(21-19-35)17-15-34(5)16-22-37(7-2)39-23-25-41(26-24-39)42-29-27-40(28-30-42)38(13-10-31-44)14-11-32-46-43(45)33(3)4/h7,16,18-22,38-42,44H,3,5-6,8-15,17,23-32H2,1-2,4H3/b22-16-,37-7+. The molecule has 1 unspecified atom stereocenters. The van der Waals surface area contributed by atoms with Crippen molar-refractivity contribution in [3.8, 4) is 0 Å². The number of benzene rings is 1. The van der Waals surface area contributed by atoms with Gasteiger partial charge in [0.1, 0.15) is 0 Å². The minimum Gasteiger partial charge on any atom is -0.462 e. The van der Waals surface area contributed by atoms with E-state index in [0.29, 0.717) is 24.0 Å². The van der Waals surface area contributed by atoms with Gasteiger partial charge in [-0.2, -0.15) is 0 Å². The van der Waals surface area contributed by atoms with Crippen LogP contribution in [0.2, 0.25) is 0 Å². The number of carbonyl (C=O) groups is 1. The van der Waals surface area contributed by atoms with Crippen LogP contribution in [0.5, 0.6) is 0 Å². The van der Waals surface area contributed by atoms with Gasteiger partial charge in [0.05, 0.1) is 6.61 Å². The van der Waals surface area contributed by atoms with Crippen LogP contribution in [0.3, 0.4) is 0 Å². The molecule has 0 radical (unpaired) electrons. The van der Waals surface area contributed by atoms with Crippen molar-refractivity contribution in [2.45, 2.75) is 136 Å². The van der Waals surface area contributed by atoms with E-state index in [1.807, 2.05) is 0 Å². The Morgan fingerprint density at radius 3 is 2.07 bits per heavy atom. The fraction of sp³-hybridized carbons (Fsp3) is 0.651. The summed E-state index contributed by atoms with van der Waals surface area (Å²) in [6, 6.07) is 9.25. The number of rotatable bonds is 20. The number of esters is 1. The van der Waals surface area contributed by atoms with Gasteiger partial charge in [0, 0.05) is 12.2 Å². The fourth-order valence-corrected chi connectivity index (χ4v) is 8.14. The first-order valence-corrected chi connectivity index (χ1v) is 18.9. The Hall–Kier alpha value is -2.39. The maximum atomic E-state index is 11.7. The van der Waals surface area contributed by atoms with Gasteiger partial charge in [-0.25, -0.2) is 4.79 Å². The molecule has 3 heteroatoms. The molecule has 3 rings (SSSR count). The van der Waals surface area contributed by atoms with Gasteiger partial charge in [0.25, 0.3) is 0 Å². The van der Waals surface area contributed by atoms with Gasteiger partial charge >= 0.3 is 5.97 Å². The van der Waals surface area contributed by atoms with E-state index in [4.69, 9.17) is 4.74 Å². The summed E-state index contributed by atoms with van der Waals surface area (Å²) in [5.74, 6) is 3.54. The van der Waals surface area contributed by atoms with Crippen molar-refractivity contribution in [2.75, 3.05) is 13.2 Å². The molecule has 2 fully saturated rings. The highest BCUT2D eigenvalue weighted by Gasteiger charge is 2.33. The molecule has 0 heterocycles. The van der Waals surface area contributed by atoms with Crippen LogP contribution in [0.15, 0.2) is 72.4 Å². The van der Waals surface area contributed by atoms with Crippen LogP contribution in [0, 0.1) is 29.6 Å². The lowest BCUT2D eigenvalue weighted by molar-refractivity contribution is -0.139. The van der Waals surface area contributed by atoms with Crippen LogP contribution >= 0.6 is 0 Å². The maximum absolute atomic E-state index is 11.7. The number of hydrogen-bond acceptors (Lipinski definition) is 3. The second kappa shape index (κ2) is 21.5. The predicted octanol–water partition coefficient (Wildman–Crippen LogP) is 11.3. The Bertz CT molecular complexity index is 1090. The molecule has 2 saturated carbocycles. The zero-order valence-corrected chi connectivity index (χ0v) is 29.7. The van der Waals surface area contributed by atoms with Crippen LogP contribution in [-0.4, -0.2) is 24.3 Å². The minimum atomic E-state index is -0.282. The Morgan fingerprint density at radius 2 is 1.48 bits per heavy atom. The summed E-state index contributed by atoms with van der Waals surface area (Å²) in [4.78, 5) is 11.7. The van der Waals surface area contributed by atoms with E-state index in [2.05, 4.69) is 69.5 Å². The number of ether oxygens (including phenoxy) is 1. The molecule has 0 bridgehead atoms. The number of aryl methyl sites for hydroxylation is 2. The van der Waals surface area contributed by atoms with Crippen molar-refractivity contribution >= 4 is 5.97 Å². The van der Waals surface area contributed by atoms with Crippen LogP contribution in [-0.2, 0) is 22.4 Å². The highest BCUT2D eigenvalue weighted by atomic mass is 16.5. The minimum absolute atomic E-state index is 0.269. The monoisotopic (exact) mass is 631 g/mol. The summed E-state index contributed by atoms with van der Waals surface area (Å²) in [5.41, 5.74) is 6.07. The molecule has 1 N–H and O–H groups in total. The van der Waals surface area contributed by atoms with Gasteiger partial charge in [-0.3, -0.25) is 0 Å². The highest BCUT2D eigenvalue weighted by Crippen LogP contribution is 2.45. The summed E-state index contributed by atoms with van der Waals surface area (Å²) < 4.78 is 5.34. The maximum Gasteiger partial charge on any atom is 0.333 e. The van der Waals surface area contributed by atoms with Crippen LogP contribution in [0.1, 0.15) is 135 Å². The zero-order valence-electron chi connectivity index (χ0n) is 29.7. The van der Waals surface area contributed by atoms with E-state index >= 15 is 0 Å². The van der Waals surface area contributed by atoms with Crippen molar-refractivity contribution in [2.24, 2.45) is 29.6 Å². The van der Waals surface area contributed by atoms with Crippen LogP contribution in [0.25, 0.3) is 0 Å². The molecule has 1 aromatic carbocycles. The van der Waals surface area contributed by atoms with Gasteiger partial charge in [0.2, 0.25) is 0 Å². The first-order chi connectivity index (χ1) is 22.3. The van der Waals surface area contributed by atoms with Crippen molar-refractivity contribution in [1.82, 2.24) is 0 Å². The molecule has 0 aromatic heterocycles. The molecule has 1 aromatic rings.